The number of rotatable bonds is 0. The first-order chi connectivity index (χ1) is 5.04. The highest BCUT2D eigenvalue weighted by molar-refractivity contribution is 7.99. The highest BCUT2D eigenvalue weighted by Crippen LogP contribution is 2.16. The predicted octanol–water partition coefficient (Wildman–Crippen LogP) is -0.454. The number of carboxylic acid groups (broad SMARTS) is 1. The lowest BCUT2D eigenvalue weighted by Gasteiger charge is -2.01. The molecule has 0 aromatic carbocycles. The molecule has 11 heavy (non-hydrogen) atoms. The Morgan fingerprint density at radius 3 is 1.73 bits per heavy atom. The molecule has 1 aliphatic heterocycles. The van der Waals surface area contributed by atoms with Crippen LogP contribution in [-0.4, -0.2) is 45.0 Å². The molecule has 0 aromatic heterocycles. The fraction of sp³-hybridized carbons (Fsp3) is 0.833. The summed E-state index contributed by atoms with van der Waals surface area (Å²) in [7, 11) is 0. The van der Waals surface area contributed by atoms with Gasteiger partial charge in [-0.3, -0.25) is 4.79 Å². The number of carbonyl (C=O) groups is 1. The van der Waals surface area contributed by atoms with E-state index in [0.717, 1.165) is 6.92 Å². The molecule has 0 bridgehead atoms. The molecule has 0 aromatic rings. The van der Waals surface area contributed by atoms with Gasteiger partial charge in [0.1, 0.15) is 0 Å². The van der Waals surface area contributed by atoms with E-state index in [-0.39, 0.29) is 0 Å². The Morgan fingerprint density at radius 1 is 1.36 bits per heavy atom. The number of carboxylic acids is 1. The van der Waals surface area contributed by atoms with Crippen LogP contribution in [0.4, 0.5) is 0 Å². The van der Waals surface area contributed by atoms with Crippen molar-refractivity contribution in [3.05, 3.63) is 0 Å². The van der Waals surface area contributed by atoms with Gasteiger partial charge in [-0.05, 0) is 0 Å². The molecular formula is C6H12O4S. The molecule has 1 heterocycles. The van der Waals surface area contributed by atoms with Crippen molar-refractivity contribution in [2.75, 3.05) is 11.5 Å². The molecule has 1 fully saturated rings. The topological polar surface area (TPSA) is 77.8 Å². The third-order valence-corrected chi connectivity index (χ3v) is 2.18. The zero-order chi connectivity index (χ0) is 8.85. The van der Waals surface area contributed by atoms with E-state index >= 15 is 0 Å². The van der Waals surface area contributed by atoms with Crippen LogP contribution < -0.4 is 0 Å². The SMILES string of the molecule is CC(=O)O.O[C@@H]1CSC[C@@H]1O. The maximum Gasteiger partial charge on any atom is 0.300 e. The first-order valence-electron chi connectivity index (χ1n) is 3.17. The second kappa shape index (κ2) is 5.40. The van der Waals surface area contributed by atoms with E-state index in [2.05, 4.69) is 0 Å². The molecule has 2 atom stereocenters. The van der Waals surface area contributed by atoms with Crippen molar-refractivity contribution in [1.29, 1.82) is 0 Å². The maximum absolute atomic E-state index is 9.00. The van der Waals surface area contributed by atoms with Crippen LogP contribution in [-0.2, 0) is 4.79 Å². The van der Waals surface area contributed by atoms with E-state index < -0.39 is 18.2 Å². The largest absolute Gasteiger partial charge is 0.481 e. The first-order valence-corrected chi connectivity index (χ1v) is 4.33. The molecule has 1 saturated heterocycles. The monoisotopic (exact) mass is 180 g/mol. The number of hydrogen-bond acceptors (Lipinski definition) is 4. The predicted molar refractivity (Wildman–Crippen MR) is 42.6 cm³/mol. The molecule has 66 valence electrons. The summed E-state index contributed by atoms with van der Waals surface area (Å²) in [4.78, 5) is 9.00. The average Bonchev–Trinajstić information content (AvgIpc) is 2.15. The number of aliphatic hydroxyl groups excluding tert-OH is 2. The molecule has 0 unspecified atom stereocenters. The van der Waals surface area contributed by atoms with Gasteiger partial charge in [-0.25, -0.2) is 0 Å². The van der Waals surface area contributed by atoms with Gasteiger partial charge < -0.3 is 15.3 Å². The van der Waals surface area contributed by atoms with Gasteiger partial charge >= 0.3 is 0 Å². The zero-order valence-electron chi connectivity index (χ0n) is 6.23. The van der Waals surface area contributed by atoms with Gasteiger partial charge in [0, 0.05) is 18.4 Å². The normalized spacial score (nSPS) is 29.0. The molecule has 4 nitrogen and oxygen atoms in total. The Morgan fingerprint density at radius 2 is 1.64 bits per heavy atom. The summed E-state index contributed by atoms with van der Waals surface area (Å²) in [5.41, 5.74) is 0. The molecule has 0 amide bonds. The van der Waals surface area contributed by atoms with Crippen LogP contribution in [0.25, 0.3) is 0 Å². The molecule has 0 radical (unpaired) electrons. The van der Waals surface area contributed by atoms with Crippen LogP contribution in [0.1, 0.15) is 6.92 Å². The van der Waals surface area contributed by atoms with Gasteiger partial charge in [0.2, 0.25) is 0 Å². The van der Waals surface area contributed by atoms with E-state index in [4.69, 9.17) is 20.1 Å². The Labute approximate surface area is 69.2 Å². The minimum Gasteiger partial charge on any atom is -0.481 e. The maximum atomic E-state index is 9.00. The lowest BCUT2D eigenvalue weighted by atomic mass is 10.3. The van der Waals surface area contributed by atoms with E-state index in [1.165, 1.54) is 0 Å². The van der Waals surface area contributed by atoms with Crippen LogP contribution in [0, 0.1) is 0 Å². The highest BCUT2D eigenvalue weighted by Gasteiger charge is 2.22. The molecule has 1 aliphatic rings. The standard InChI is InChI=1S/C4H8O2S.C2H4O2/c5-3-1-7-2-4(3)6;1-2(3)4/h3-6H,1-2H2;1H3,(H,3,4)/t3-,4+;. The van der Waals surface area contributed by atoms with Gasteiger partial charge in [-0.2, -0.15) is 11.8 Å². The number of aliphatic hydroxyl groups is 2. The van der Waals surface area contributed by atoms with Crippen molar-refractivity contribution in [3.8, 4) is 0 Å². The lowest BCUT2D eigenvalue weighted by molar-refractivity contribution is -0.134. The Balaban J connectivity index is 0.000000218. The second-order valence-electron chi connectivity index (χ2n) is 2.19. The van der Waals surface area contributed by atoms with Crippen molar-refractivity contribution in [3.63, 3.8) is 0 Å². The van der Waals surface area contributed by atoms with E-state index in [0.29, 0.717) is 11.5 Å². The Hall–Kier alpha value is -0.260. The molecular weight excluding hydrogens is 168 g/mol. The molecule has 3 N–H and O–H groups in total. The van der Waals surface area contributed by atoms with E-state index in [1.807, 2.05) is 0 Å². The molecule has 1 rings (SSSR count). The average molecular weight is 180 g/mol. The van der Waals surface area contributed by atoms with Gasteiger partial charge in [0.15, 0.2) is 0 Å². The lowest BCUT2D eigenvalue weighted by Crippen LogP contribution is -2.22. The summed E-state index contributed by atoms with van der Waals surface area (Å²) in [6.07, 6.45) is -0.935. The van der Waals surface area contributed by atoms with Crippen molar-refractivity contribution < 1.29 is 20.1 Å². The minimum absolute atomic E-state index is 0.468. The molecule has 0 aliphatic carbocycles. The Kier molecular flexibility index (Phi) is 5.27. The quantitative estimate of drug-likeness (QED) is 0.470. The van der Waals surface area contributed by atoms with Crippen LogP contribution >= 0.6 is 11.8 Å². The van der Waals surface area contributed by atoms with Gasteiger partial charge in [0.25, 0.3) is 5.97 Å². The summed E-state index contributed by atoms with van der Waals surface area (Å²) in [6.45, 7) is 1.08. The van der Waals surface area contributed by atoms with Crippen molar-refractivity contribution >= 4 is 17.7 Å². The second-order valence-corrected chi connectivity index (χ2v) is 3.27. The van der Waals surface area contributed by atoms with Crippen molar-refractivity contribution in [2.45, 2.75) is 19.1 Å². The third kappa shape index (κ3) is 6.15. The van der Waals surface area contributed by atoms with Crippen LogP contribution in [0.5, 0.6) is 0 Å². The third-order valence-electron chi connectivity index (χ3n) is 1.02. The fourth-order valence-electron chi connectivity index (χ4n) is 0.532. The number of thioether (sulfide) groups is 1. The summed E-state index contributed by atoms with van der Waals surface area (Å²) in [5, 5.41) is 24.9. The molecule has 0 spiro atoms. The fourth-order valence-corrected chi connectivity index (χ4v) is 1.60. The smallest absolute Gasteiger partial charge is 0.300 e. The number of hydrogen-bond donors (Lipinski definition) is 3. The van der Waals surface area contributed by atoms with Gasteiger partial charge in [0.05, 0.1) is 12.2 Å². The minimum atomic E-state index is -0.833. The molecule has 0 saturated carbocycles. The van der Waals surface area contributed by atoms with E-state index in [9.17, 15) is 0 Å². The number of aliphatic carboxylic acids is 1. The van der Waals surface area contributed by atoms with Crippen molar-refractivity contribution in [1.82, 2.24) is 0 Å². The molecule has 5 heteroatoms. The van der Waals surface area contributed by atoms with Crippen molar-refractivity contribution in [2.24, 2.45) is 0 Å². The summed E-state index contributed by atoms with van der Waals surface area (Å²) in [6, 6.07) is 0. The summed E-state index contributed by atoms with van der Waals surface area (Å²) >= 11 is 1.59. The first kappa shape index (κ1) is 10.7. The zero-order valence-corrected chi connectivity index (χ0v) is 7.04. The summed E-state index contributed by atoms with van der Waals surface area (Å²) < 4.78 is 0. The van der Waals surface area contributed by atoms with Gasteiger partial charge in [-0.1, -0.05) is 0 Å². The van der Waals surface area contributed by atoms with Crippen LogP contribution in [0.2, 0.25) is 0 Å². The Bertz CT molecular complexity index is 116. The van der Waals surface area contributed by atoms with Crippen LogP contribution in [0.15, 0.2) is 0 Å². The highest BCUT2D eigenvalue weighted by atomic mass is 32.2. The van der Waals surface area contributed by atoms with E-state index in [1.54, 1.807) is 11.8 Å². The van der Waals surface area contributed by atoms with Gasteiger partial charge in [-0.15, -0.1) is 0 Å². The van der Waals surface area contributed by atoms with Crippen LogP contribution in [0.3, 0.4) is 0 Å². The summed E-state index contributed by atoms with van der Waals surface area (Å²) in [5.74, 6) is 0.558.